The van der Waals surface area contributed by atoms with E-state index in [1.165, 1.54) is 29.2 Å². The number of likely N-dealkylation sites (tertiary alicyclic amines) is 1. The number of allylic oxidation sites excluding steroid dienone is 2. The lowest BCUT2D eigenvalue weighted by atomic mass is 9.85. The largest absolute Gasteiger partial charge is 0.340 e. The molecule has 2 fully saturated rings. The molecular weight excluding hydrogens is 415 g/mol. The number of hydrogen-bond donors (Lipinski definition) is 1. The summed E-state index contributed by atoms with van der Waals surface area (Å²) in [5.41, 5.74) is 0.534. The Labute approximate surface area is 186 Å². The van der Waals surface area contributed by atoms with Crippen LogP contribution in [0.2, 0.25) is 0 Å². The van der Waals surface area contributed by atoms with Crippen molar-refractivity contribution >= 4 is 29.3 Å². The fourth-order valence-corrected chi connectivity index (χ4v) is 4.55. The highest BCUT2D eigenvalue weighted by Gasteiger charge is 2.47. The number of hydrogen-bond acceptors (Lipinski definition) is 5. The average Bonchev–Trinajstić information content (AvgIpc) is 3.04. The zero-order valence-electron chi connectivity index (χ0n) is 17.8. The molecule has 2 aliphatic heterocycles. The van der Waals surface area contributed by atoms with E-state index in [4.69, 9.17) is 0 Å². The van der Waals surface area contributed by atoms with Gasteiger partial charge in [0, 0.05) is 44.8 Å². The van der Waals surface area contributed by atoms with E-state index in [2.05, 4.69) is 5.32 Å². The molecular formula is C23H27FN4O4. The Balaban J connectivity index is 1.19. The van der Waals surface area contributed by atoms with Gasteiger partial charge in [0.15, 0.2) is 0 Å². The van der Waals surface area contributed by atoms with Gasteiger partial charge >= 0.3 is 0 Å². The number of imide groups is 1. The summed E-state index contributed by atoms with van der Waals surface area (Å²) >= 11 is 0. The molecule has 3 aliphatic rings. The molecule has 0 bridgehead atoms. The van der Waals surface area contributed by atoms with Gasteiger partial charge in [-0.05, 0) is 37.1 Å². The Bertz CT molecular complexity index is 898. The Hall–Kier alpha value is -3.07. The van der Waals surface area contributed by atoms with Gasteiger partial charge in [0.05, 0.1) is 18.4 Å². The highest BCUT2D eigenvalue weighted by molar-refractivity contribution is 6.05. The van der Waals surface area contributed by atoms with Crippen molar-refractivity contribution < 1.29 is 23.6 Å². The Morgan fingerprint density at radius 1 is 0.938 bits per heavy atom. The van der Waals surface area contributed by atoms with Crippen molar-refractivity contribution in [2.75, 3.05) is 44.6 Å². The molecule has 8 nitrogen and oxygen atoms in total. The number of amides is 4. The van der Waals surface area contributed by atoms with Crippen LogP contribution in [0, 0.1) is 17.7 Å². The second-order valence-corrected chi connectivity index (χ2v) is 8.45. The molecule has 0 aromatic heterocycles. The highest BCUT2D eigenvalue weighted by atomic mass is 19.1. The van der Waals surface area contributed by atoms with Crippen LogP contribution in [0.25, 0.3) is 0 Å². The minimum absolute atomic E-state index is 0.0889. The number of carbonyl (C=O) groups excluding carboxylic acids is 4. The lowest BCUT2D eigenvalue weighted by Crippen LogP contribution is -2.51. The maximum Gasteiger partial charge on any atom is 0.238 e. The van der Waals surface area contributed by atoms with Gasteiger partial charge in [-0.15, -0.1) is 0 Å². The first-order valence-electron chi connectivity index (χ1n) is 11.0. The van der Waals surface area contributed by atoms with E-state index < -0.39 is 0 Å². The number of anilines is 1. The van der Waals surface area contributed by atoms with E-state index in [9.17, 15) is 23.6 Å². The van der Waals surface area contributed by atoms with E-state index in [-0.39, 0.29) is 60.8 Å². The molecule has 0 spiro atoms. The second kappa shape index (κ2) is 9.60. The van der Waals surface area contributed by atoms with Crippen molar-refractivity contribution in [2.45, 2.75) is 19.3 Å². The Morgan fingerprint density at radius 2 is 1.53 bits per heavy atom. The van der Waals surface area contributed by atoms with Crippen LogP contribution in [0.4, 0.5) is 10.1 Å². The standard InChI is InChI=1S/C23H27FN4O4/c24-16-5-7-17(8-6-16)25-20(29)15-26-11-13-27(14-12-26)21(30)9-10-28-22(31)18-3-1-2-4-19(18)23(28)32/h1-2,5-8,18-19H,3-4,9-15H2,(H,25,29)/t18-,19-/m1/s1. The van der Waals surface area contributed by atoms with Crippen molar-refractivity contribution in [3.05, 3.63) is 42.2 Å². The average molecular weight is 442 g/mol. The molecule has 170 valence electrons. The molecule has 2 saturated heterocycles. The lowest BCUT2D eigenvalue weighted by Gasteiger charge is -2.34. The summed E-state index contributed by atoms with van der Waals surface area (Å²) in [6.45, 7) is 2.40. The van der Waals surface area contributed by atoms with E-state index in [1.54, 1.807) is 4.90 Å². The van der Waals surface area contributed by atoms with Gasteiger partial charge in [-0.3, -0.25) is 29.0 Å². The van der Waals surface area contributed by atoms with Gasteiger partial charge in [0.1, 0.15) is 5.82 Å². The third kappa shape index (κ3) is 4.88. The molecule has 4 amide bonds. The number of rotatable bonds is 6. The molecule has 9 heteroatoms. The number of nitrogens with one attached hydrogen (secondary N) is 1. The number of nitrogens with zero attached hydrogens (tertiary/aromatic N) is 3. The third-order valence-corrected chi connectivity index (χ3v) is 6.37. The van der Waals surface area contributed by atoms with Crippen molar-refractivity contribution in [2.24, 2.45) is 11.8 Å². The monoisotopic (exact) mass is 442 g/mol. The van der Waals surface area contributed by atoms with Crippen molar-refractivity contribution in [3.8, 4) is 0 Å². The Morgan fingerprint density at radius 3 is 2.12 bits per heavy atom. The number of carbonyl (C=O) groups is 4. The summed E-state index contributed by atoms with van der Waals surface area (Å²) in [4.78, 5) is 54.8. The minimum Gasteiger partial charge on any atom is -0.340 e. The van der Waals surface area contributed by atoms with Crippen molar-refractivity contribution in [3.63, 3.8) is 0 Å². The topological polar surface area (TPSA) is 90.0 Å². The summed E-state index contributed by atoms with van der Waals surface area (Å²) in [5, 5.41) is 2.73. The predicted molar refractivity (Wildman–Crippen MR) is 115 cm³/mol. The fourth-order valence-electron chi connectivity index (χ4n) is 4.55. The molecule has 4 rings (SSSR count). The minimum atomic E-state index is -0.363. The SMILES string of the molecule is O=C(CN1CCN(C(=O)CCN2C(=O)[C@@H]3CC=CC[C@H]3C2=O)CC1)Nc1ccc(F)cc1. The van der Waals surface area contributed by atoms with E-state index in [0.717, 1.165) is 0 Å². The molecule has 0 radical (unpaired) electrons. The predicted octanol–water partition coefficient (Wildman–Crippen LogP) is 1.25. The van der Waals surface area contributed by atoms with Gasteiger partial charge in [-0.25, -0.2) is 4.39 Å². The third-order valence-electron chi connectivity index (χ3n) is 6.37. The molecule has 1 aliphatic carbocycles. The first-order valence-corrected chi connectivity index (χ1v) is 11.0. The van der Waals surface area contributed by atoms with Crippen LogP contribution >= 0.6 is 0 Å². The summed E-state index contributed by atoms with van der Waals surface area (Å²) in [6.07, 6.45) is 5.20. The van der Waals surface area contributed by atoms with Gasteiger partial charge in [-0.2, -0.15) is 0 Å². The Kier molecular flexibility index (Phi) is 6.64. The van der Waals surface area contributed by atoms with Crippen LogP contribution in [-0.4, -0.2) is 77.6 Å². The van der Waals surface area contributed by atoms with Crippen LogP contribution in [0.1, 0.15) is 19.3 Å². The highest BCUT2D eigenvalue weighted by Crippen LogP contribution is 2.35. The molecule has 2 atom stereocenters. The van der Waals surface area contributed by atoms with Gasteiger partial charge in [0.25, 0.3) is 0 Å². The zero-order chi connectivity index (χ0) is 22.7. The summed E-state index contributed by atoms with van der Waals surface area (Å²) < 4.78 is 13.0. The van der Waals surface area contributed by atoms with Crippen LogP contribution < -0.4 is 5.32 Å². The molecule has 32 heavy (non-hydrogen) atoms. The van der Waals surface area contributed by atoms with Gasteiger partial charge in [-0.1, -0.05) is 12.2 Å². The first kappa shape index (κ1) is 22.1. The van der Waals surface area contributed by atoms with Crippen molar-refractivity contribution in [1.29, 1.82) is 0 Å². The molecule has 1 N–H and O–H groups in total. The smallest absolute Gasteiger partial charge is 0.238 e. The maximum absolute atomic E-state index is 13.0. The maximum atomic E-state index is 13.0. The molecule has 0 saturated carbocycles. The molecule has 1 aromatic rings. The van der Waals surface area contributed by atoms with Crippen LogP contribution in [0.3, 0.4) is 0 Å². The quantitative estimate of drug-likeness (QED) is 0.529. The first-order chi connectivity index (χ1) is 15.4. The zero-order valence-corrected chi connectivity index (χ0v) is 17.8. The van der Waals surface area contributed by atoms with E-state index >= 15 is 0 Å². The molecule has 1 aromatic carbocycles. The van der Waals surface area contributed by atoms with E-state index in [0.29, 0.717) is 44.7 Å². The number of piperazine rings is 1. The fraction of sp³-hybridized carbons (Fsp3) is 0.478. The summed E-state index contributed by atoms with van der Waals surface area (Å²) in [7, 11) is 0. The van der Waals surface area contributed by atoms with Crippen LogP contribution in [0.15, 0.2) is 36.4 Å². The number of halogens is 1. The lowest BCUT2D eigenvalue weighted by molar-refractivity contribution is -0.141. The van der Waals surface area contributed by atoms with Gasteiger partial charge < -0.3 is 10.2 Å². The number of benzene rings is 1. The van der Waals surface area contributed by atoms with E-state index in [1.807, 2.05) is 17.1 Å². The summed E-state index contributed by atoms with van der Waals surface area (Å²) in [5.74, 6) is -1.51. The second-order valence-electron chi connectivity index (χ2n) is 8.45. The van der Waals surface area contributed by atoms with Crippen LogP contribution in [-0.2, 0) is 19.2 Å². The summed E-state index contributed by atoms with van der Waals surface area (Å²) in [6, 6.07) is 5.58. The normalized spacial score (nSPS) is 23.4. The van der Waals surface area contributed by atoms with Crippen molar-refractivity contribution in [1.82, 2.24) is 14.7 Å². The van der Waals surface area contributed by atoms with Gasteiger partial charge in [0.2, 0.25) is 23.6 Å². The molecule has 0 unspecified atom stereocenters. The van der Waals surface area contributed by atoms with Crippen LogP contribution in [0.5, 0.6) is 0 Å². The number of fused-ring (bicyclic) bond motifs is 1. The molecule has 2 heterocycles.